The fraction of sp³-hybridized carbons (Fsp3) is 0.333. The van der Waals surface area contributed by atoms with Crippen molar-refractivity contribution in [3.63, 3.8) is 0 Å². The maximum atomic E-state index is 13.0. The number of carbonyl (C=O) groups is 2. The predicted octanol–water partition coefficient (Wildman–Crippen LogP) is 2.77. The van der Waals surface area contributed by atoms with Crippen molar-refractivity contribution >= 4 is 22.8 Å². The third-order valence-corrected chi connectivity index (χ3v) is 4.06. The lowest BCUT2D eigenvalue weighted by molar-refractivity contribution is -0.187. The maximum Gasteiger partial charge on any atom is 0.394 e. The number of alkyl halides is 3. The molecular formula is C15H12F3NO4. The number of halogens is 3. The molecule has 1 aliphatic rings. The summed E-state index contributed by atoms with van der Waals surface area (Å²) >= 11 is 0. The van der Waals surface area contributed by atoms with Gasteiger partial charge in [0.15, 0.2) is 0 Å². The number of hydrogen-bond donors (Lipinski definition) is 1. The lowest BCUT2D eigenvalue weighted by Crippen LogP contribution is -2.34. The average Bonchev–Trinajstić information content (AvgIpc) is 3.10. The SMILES string of the molecule is O=C(O)[C@@H]1CN(C(=O)c2coc3ccccc23)C[C@H]1C(F)(F)F. The van der Waals surface area contributed by atoms with Crippen LogP contribution in [0.5, 0.6) is 0 Å². The Kier molecular flexibility index (Phi) is 3.54. The zero-order valence-electron chi connectivity index (χ0n) is 11.7. The molecule has 0 saturated carbocycles. The first kappa shape index (κ1) is 15.4. The first-order valence-electron chi connectivity index (χ1n) is 6.84. The number of carbonyl (C=O) groups excluding carboxylic acids is 1. The average molecular weight is 327 g/mol. The number of amides is 1. The minimum atomic E-state index is -4.67. The molecule has 0 bridgehead atoms. The Morgan fingerprint density at radius 3 is 2.52 bits per heavy atom. The highest BCUT2D eigenvalue weighted by molar-refractivity contribution is 6.06. The van der Waals surface area contributed by atoms with Crippen LogP contribution in [0.1, 0.15) is 10.4 Å². The number of carboxylic acids is 1. The van der Waals surface area contributed by atoms with Gasteiger partial charge in [0.05, 0.1) is 17.4 Å². The van der Waals surface area contributed by atoms with E-state index in [0.29, 0.717) is 11.0 Å². The van der Waals surface area contributed by atoms with Crippen LogP contribution < -0.4 is 0 Å². The number of furan rings is 1. The molecule has 5 nitrogen and oxygen atoms in total. The van der Waals surface area contributed by atoms with E-state index in [9.17, 15) is 22.8 Å². The van der Waals surface area contributed by atoms with Gasteiger partial charge in [0, 0.05) is 18.5 Å². The van der Waals surface area contributed by atoms with Crippen LogP contribution in [0.15, 0.2) is 34.9 Å². The van der Waals surface area contributed by atoms with E-state index in [1.807, 2.05) is 0 Å². The second-order valence-electron chi connectivity index (χ2n) is 5.45. The van der Waals surface area contributed by atoms with Gasteiger partial charge in [-0.25, -0.2) is 0 Å². The molecule has 2 atom stereocenters. The molecule has 23 heavy (non-hydrogen) atoms. The number of carboxylic acid groups (broad SMARTS) is 1. The summed E-state index contributed by atoms with van der Waals surface area (Å²) in [5.74, 6) is -5.94. The molecule has 2 aromatic rings. The quantitative estimate of drug-likeness (QED) is 0.921. The van der Waals surface area contributed by atoms with Crippen LogP contribution in [-0.4, -0.2) is 41.1 Å². The highest BCUT2D eigenvalue weighted by atomic mass is 19.4. The van der Waals surface area contributed by atoms with Gasteiger partial charge in [0.25, 0.3) is 5.91 Å². The van der Waals surface area contributed by atoms with Crippen LogP contribution in [-0.2, 0) is 4.79 Å². The van der Waals surface area contributed by atoms with Crippen molar-refractivity contribution in [2.45, 2.75) is 6.18 Å². The van der Waals surface area contributed by atoms with E-state index < -0.39 is 43.0 Å². The van der Waals surface area contributed by atoms with Gasteiger partial charge in [-0.05, 0) is 6.07 Å². The van der Waals surface area contributed by atoms with Gasteiger partial charge in [-0.15, -0.1) is 0 Å². The van der Waals surface area contributed by atoms with Crippen molar-refractivity contribution in [3.8, 4) is 0 Å². The van der Waals surface area contributed by atoms with E-state index in [1.165, 1.54) is 6.26 Å². The standard InChI is InChI=1S/C15H12F3NO4/c16-15(17,18)11-6-19(5-9(11)14(21)22)13(20)10-7-23-12-4-2-1-3-8(10)12/h1-4,7,9,11H,5-6H2,(H,21,22)/t9-,11-/m1/s1. The summed E-state index contributed by atoms with van der Waals surface area (Å²) < 4.78 is 44.2. The van der Waals surface area contributed by atoms with Gasteiger partial charge in [-0.3, -0.25) is 9.59 Å². The third-order valence-electron chi connectivity index (χ3n) is 4.06. The van der Waals surface area contributed by atoms with Crippen molar-refractivity contribution in [3.05, 3.63) is 36.1 Å². The van der Waals surface area contributed by atoms with Gasteiger partial charge in [-0.2, -0.15) is 13.2 Å². The first-order valence-corrected chi connectivity index (χ1v) is 6.84. The number of likely N-dealkylation sites (tertiary alicyclic amines) is 1. The van der Waals surface area contributed by atoms with Crippen LogP contribution in [0.2, 0.25) is 0 Å². The molecule has 1 amide bonds. The normalized spacial score (nSPS) is 21.8. The molecule has 0 unspecified atom stereocenters. The van der Waals surface area contributed by atoms with Crippen LogP contribution in [0.3, 0.4) is 0 Å². The van der Waals surface area contributed by atoms with E-state index in [0.717, 1.165) is 4.90 Å². The van der Waals surface area contributed by atoms with E-state index in [2.05, 4.69) is 0 Å². The topological polar surface area (TPSA) is 70.8 Å². The van der Waals surface area contributed by atoms with E-state index in [-0.39, 0.29) is 5.56 Å². The molecule has 1 fully saturated rings. The van der Waals surface area contributed by atoms with E-state index >= 15 is 0 Å². The second-order valence-corrected chi connectivity index (χ2v) is 5.45. The Morgan fingerprint density at radius 1 is 1.22 bits per heavy atom. The van der Waals surface area contributed by atoms with Gasteiger partial charge >= 0.3 is 12.1 Å². The summed E-state index contributed by atoms with van der Waals surface area (Å²) in [6.45, 7) is -1.14. The maximum absolute atomic E-state index is 13.0. The molecule has 0 aliphatic carbocycles. The molecule has 3 rings (SSSR count). The van der Waals surface area contributed by atoms with Crippen molar-refractivity contribution < 1.29 is 32.3 Å². The zero-order chi connectivity index (χ0) is 16.8. The molecule has 1 aromatic carbocycles. The van der Waals surface area contributed by atoms with E-state index in [1.54, 1.807) is 24.3 Å². The minimum Gasteiger partial charge on any atom is -0.481 e. The fourth-order valence-electron chi connectivity index (χ4n) is 2.87. The lowest BCUT2D eigenvalue weighted by Gasteiger charge is -2.18. The number of rotatable bonds is 2. The van der Waals surface area contributed by atoms with Gasteiger partial charge in [0.1, 0.15) is 11.8 Å². The van der Waals surface area contributed by atoms with Crippen molar-refractivity contribution in [1.82, 2.24) is 4.90 Å². The molecule has 1 aliphatic heterocycles. The summed E-state index contributed by atoms with van der Waals surface area (Å²) in [5.41, 5.74) is 0.574. The molecule has 0 spiro atoms. The highest BCUT2D eigenvalue weighted by Gasteiger charge is 2.53. The summed E-state index contributed by atoms with van der Waals surface area (Å²) in [5, 5.41) is 9.48. The van der Waals surface area contributed by atoms with E-state index in [4.69, 9.17) is 9.52 Å². The number of para-hydroxylation sites is 1. The Labute approximate surface area is 128 Å². The Balaban J connectivity index is 1.90. The van der Waals surface area contributed by atoms with Gasteiger partial charge < -0.3 is 14.4 Å². The Hall–Kier alpha value is -2.51. The molecular weight excluding hydrogens is 315 g/mol. The first-order chi connectivity index (χ1) is 10.8. The van der Waals surface area contributed by atoms with Crippen molar-refractivity contribution in [2.24, 2.45) is 11.8 Å². The molecule has 8 heteroatoms. The van der Waals surface area contributed by atoms with Crippen molar-refractivity contribution in [1.29, 1.82) is 0 Å². The number of fused-ring (bicyclic) bond motifs is 1. The number of benzene rings is 1. The molecule has 122 valence electrons. The highest BCUT2D eigenvalue weighted by Crippen LogP contribution is 2.38. The smallest absolute Gasteiger partial charge is 0.394 e. The van der Waals surface area contributed by atoms with Gasteiger partial charge in [-0.1, -0.05) is 18.2 Å². The molecule has 0 radical (unpaired) electrons. The fourth-order valence-corrected chi connectivity index (χ4v) is 2.87. The van der Waals surface area contributed by atoms with Crippen LogP contribution in [0.25, 0.3) is 11.0 Å². The molecule has 1 N–H and O–H groups in total. The zero-order valence-corrected chi connectivity index (χ0v) is 11.7. The summed E-state index contributed by atoms with van der Waals surface area (Å²) in [4.78, 5) is 24.5. The molecule has 1 aromatic heterocycles. The number of nitrogens with zero attached hydrogens (tertiary/aromatic N) is 1. The van der Waals surface area contributed by atoms with Gasteiger partial charge in [0.2, 0.25) is 0 Å². The summed E-state index contributed by atoms with van der Waals surface area (Å²) in [6.07, 6.45) is -3.49. The predicted molar refractivity (Wildman–Crippen MR) is 72.8 cm³/mol. The number of hydrogen-bond acceptors (Lipinski definition) is 3. The molecule has 1 saturated heterocycles. The summed E-state index contributed by atoms with van der Waals surface area (Å²) in [7, 11) is 0. The summed E-state index contributed by atoms with van der Waals surface area (Å²) in [6, 6.07) is 6.64. The van der Waals surface area contributed by atoms with Crippen LogP contribution in [0, 0.1) is 11.8 Å². The van der Waals surface area contributed by atoms with Crippen LogP contribution >= 0.6 is 0 Å². The third kappa shape index (κ3) is 2.64. The van der Waals surface area contributed by atoms with Crippen LogP contribution in [0.4, 0.5) is 13.2 Å². The number of aliphatic carboxylic acids is 1. The second kappa shape index (κ2) is 5.29. The Bertz CT molecular complexity index is 767. The largest absolute Gasteiger partial charge is 0.481 e. The minimum absolute atomic E-state index is 0.132. The van der Waals surface area contributed by atoms with Crippen molar-refractivity contribution in [2.75, 3.05) is 13.1 Å². The Morgan fingerprint density at radius 2 is 1.91 bits per heavy atom. The molecule has 2 heterocycles. The lowest BCUT2D eigenvalue weighted by atomic mass is 9.96. The monoisotopic (exact) mass is 327 g/mol.